The lowest BCUT2D eigenvalue weighted by Crippen LogP contribution is -2.47. The van der Waals surface area contributed by atoms with Crippen molar-refractivity contribution in [2.24, 2.45) is 5.73 Å². The van der Waals surface area contributed by atoms with E-state index >= 15 is 0 Å². The van der Waals surface area contributed by atoms with Crippen molar-refractivity contribution < 1.29 is 9.59 Å². The maximum Gasteiger partial charge on any atom is 0.315 e. The number of rotatable bonds is 5. The molecule has 1 aliphatic carbocycles. The van der Waals surface area contributed by atoms with Crippen LogP contribution in [0.15, 0.2) is 54.6 Å². The molecule has 0 aromatic heterocycles. The second kappa shape index (κ2) is 7.17. The third kappa shape index (κ3) is 3.93. The van der Waals surface area contributed by atoms with Gasteiger partial charge in [0, 0.05) is 18.2 Å². The molecule has 3 amide bonds. The highest BCUT2D eigenvalue weighted by molar-refractivity contribution is 5.92. The third-order valence-electron chi connectivity index (χ3n) is 4.44. The zero-order chi connectivity index (χ0) is 16.9. The van der Waals surface area contributed by atoms with E-state index in [1.54, 1.807) is 24.3 Å². The van der Waals surface area contributed by atoms with Crippen LogP contribution in [0.2, 0.25) is 0 Å². The van der Waals surface area contributed by atoms with Crippen molar-refractivity contribution in [3.05, 3.63) is 71.3 Å². The molecule has 1 fully saturated rings. The molecule has 1 saturated carbocycles. The number of hydrogen-bond donors (Lipinski definition) is 3. The molecular formula is C19H21N3O2. The Morgan fingerprint density at radius 1 is 1.00 bits per heavy atom. The maximum absolute atomic E-state index is 11.9. The quantitative estimate of drug-likeness (QED) is 0.790. The number of nitrogens with one attached hydrogen (secondary N) is 2. The molecule has 1 aliphatic rings. The predicted octanol–water partition coefficient (Wildman–Crippen LogP) is 2.53. The Labute approximate surface area is 141 Å². The van der Waals surface area contributed by atoms with Crippen LogP contribution in [0.5, 0.6) is 0 Å². The van der Waals surface area contributed by atoms with Crippen LogP contribution in [0.25, 0.3) is 0 Å². The van der Waals surface area contributed by atoms with Crippen molar-refractivity contribution in [2.75, 3.05) is 0 Å². The SMILES string of the molecule is NC(=O)c1ccc(CNC(=O)NC2CC(c3ccccc3)C2)cc1. The van der Waals surface area contributed by atoms with E-state index in [0.29, 0.717) is 18.0 Å². The number of carbonyl (C=O) groups is 2. The van der Waals surface area contributed by atoms with E-state index in [9.17, 15) is 9.59 Å². The molecule has 0 radical (unpaired) electrons. The van der Waals surface area contributed by atoms with Crippen LogP contribution < -0.4 is 16.4 Å². The molecule has 124 valence electrons. The number of amides is 3. The van der Waals surface area contributed by atoms with E-state index in [1.807, 2.05) is 18.2 Å². The van der Waals surface area contributed by atoms with Crippen molar-refractivity contribution >= 4 is 11.9 Å². The Bertz CT molecular complexity index is 707. The molecule has 2 aromatic carbocycles. The number of urea groups is 1. The maximum atomic E-state index is 11.9. The molecule has 5 nitrogen and oxygen atoms in total. The first-order chi connectivity index (χ1) is 11.6. The molecular weight excluding hydrogens is 302 g/mol. The molecule has 0 unspecified atom stereocenters. The fourth-order valence-corrected chi connectivity index (χ4v) is 2.94. The molecule has 0 bridgehead atoms. The minimum atomic E-state index is -0.454. The van der Waals surface area contributed by atoms with Crippen molar-refractivity contribution in [1.29, 1.82) is 0 Å². The number of primary amides is 1. The van der Waals surface area contributed by atoms with Gasteiger partial charge in [-0.3, -0.25) is 4.79 Å². The highest BCUT2D eigenvalue weighted by Gasteiger charge is 2.31. The molecule has 4 N–H and O–H groups in total. The van der Waals surface area contributed by atoms with Gasteiger partial charge in [-0.2, -0.15) is 0 Å². The van der Waals surface area contributed by atoms with Gasteiger partial charge in [-0.25, -0.2) is 4.79 Å². The Kier molecular flexibility index (Phi) is 4.79. The second-order valence-electron chi connectivity index (χ2n) is 6.16. The highest BCUT2D eigenvalue weighted by Crippen LogP contribution is 2.36. The van der Waals surface area contributed by atoms with Gasteiger partial charge in [-0.1, -0.05) is 42.5 Å². The van der Waals surface area contributed by atoms with Crippen LogP contribution in [0.3, 0.4) is 0 Å². The molecule has 0 heterocycles. The first-order valence-corrected chi connectivity index (χ1v) is 8.10. The van der Waals surface area contributed by atoms with Gasteiger partial charge in [0.2, 0.25) is 5.91 Å². The van der Waals surface area contributed by atoms with Crippen LogP contribution in [0.1, 0.15) is 40.2 Å². The van der Waals surface area contributed by atoms with Crippen molar-refractivity contribution in [1.82, 2.24) is 10.6 Å². The summed E-state index contributed by atoms with van der Waals surface area (Å²) in [6, 6.07) is 17.3. The van der Waals surface area contributed by atoms with Crippen LogP contribution in [-0.2, 0) is 6.54 Å². The largest absolute Gasteiger partial charge is 0.366 e. The summed E-state index contributed by atoms with van der Waals surface area (Å²) < 4.78 is 0. The van der Waals surface area contributed by atoms with Crippen LogP contribution in [-0.4, -0.2) is 18.0 Å². The van der Waals surface area contributed by atoms with Crippen LogP contribution >= 0.6 is 0 Å². The summed E-state index contributed by atoms with van der Waals surface area (Å²) >= 11 is 0. The van der Waals surface area contributed by atoms with Gasteiger partial charge >= 0.3 is 6.03 Å². The normalized spacial score (nSPS) is 19.2. The van der Waals surface area contributed by atoms with Gasteiger partial charge < -0.3 is 16.4 Å². The molecule has 0 atom stereocenters. The summed E-state index contributed by atoms with van der Waals surface area (Å²) in [7, 11) is 0. The van der Waals surface area contributed by atoms with Crippen molar-refractivity contribution in [2.45, 2.75) is 31.3 Å². The van der Waals surface area contributed by atoms with Crippen molar-refractivity contribution in [3.8, 4) is 0 Å². The number of hydrogen-bond acceptors (Lipinski definition) is 2. The molecule has 2 aromatic rings. The van der Waals surface area contributed by atoms with Crippen LogP contribution in [0, 0.1) is 0 Å². The summed E-state index contributed by atoms with van der Waals surface area (Å²) in [6.45, 7) is 0.416. The van der Waals surface area contributed by atoms with E-state index in [-0.39, 0.29) is 12.1 Å². The predicted molar refractivity (Wildman–Crippen MR) is 92.5 cm³/mol. The van der Waals surface area contributed by atoms with Gasteiger partial charge in [-0.15, -0.1) is 0 Å². The van der Waals surface area contributed by atoms with E-state index in [1.165, 1.54) is 5.56 Å². The van der Waals surface area contributed by atoms with E-state index < -0.39 is 5.91 Å². The zero-order valence-electron chi connectivity index (χ0n) is 13.4. The Hall–Kier alpha value is -2.82. The van der Waals surface area contributed by atoms with Gasteiger partial charge in [0.25, 0.3) is 0 Å². The monoisotopic (exact) mass is 323 g/mol. The summed E-state index contributed by atoms with van der Waals surface area (Å²) in [5.74, 6) is 0.0862. The van der Waals surface area contributed by atoms with Gasteiger partial charge in [0.05, 0.1) is 0 Å². The Morgan fingerprint density at radius 2 is 1.67 bits per heavy atom. The second-order valence-corrected chi connectivity index (χ2v) is 6.16. The van der Waals surface area contributed by atoms with E-state index in [4.69, 9.17) is 5.73 Å². The number of benzene rings is 2. The summed E-state index contributed by atoms with van der Waals surface area (Å²) in [5.41, 5.74) is 7.92. The van der Waals surface area contributed by atoms with Crippen molar-refractivity contribution in [3.63, 3.8) is 0 Å². The summed E-state index contributed by atoms with van der Waals surface area (Å²) in [6.07, 6.45) is 1.95. The lowest BCUT2D eigenvalue weighted by molar-refractivity contribution is 0.1000. The number of carbonyl (C=O) groups excluding carboxylic acids is 2. The van der Waals surface area contributed by atoms with Gasteiger partial charge in [-0.05, 0) is 42.0 Å². The zero-order valence-corrected chi connectivity index (χ0v) is 13.4. The first-order valence-electron chi connectivity index (χ1n) is 8.10. The highest BCUT2D eigenvalue weighted by atomic mass is 16.2. The molecule has 0 spiro atoms. The van der Waals surface area contributed by atoms with Gasteiger partial charge in [0.15, 0.2) is 0 Å². The van der Waals surface area contributed by atoms with E-state index in [2.05, 4.69) is 22.8 Å². The smallest absolute Gasteiger partial charge is 0.315 e. The Balaban J connectivity index is 1.40. The lowest BCUT2D eigenvalue weighted by atomic mass is 9.76. The fourth-order valence-electron chi connectivity index (χ4n) is 2.94. The molecule has 5 heteroatoms. The lowest BCUT2D eigenvalue weighted by Gasteiger charge is -2.36. The van der Waals surface area contributed by atoms with Gasteiger partial charge in [0.1, 0.15) is 0 Å². The average molecular weight is 323 g/mol. The fraction of sp³-hybridized carbons (Fsp3) is 0.263. The summed E-state index contributed by atoms with van der Waals surface area (Å²) in [4.78, 5) is 23.0. The molecule has 0 saturated heterocycles. The standard InChI is InChI=1S/C19H21N3O2/c20-18(23)15-8-6-13(7-9-15)12-21-19(24)22-17-10-16(11-17)14-4-2-1-3-5-14/h1-9,16-17H,10-12H2,(H2,20,23)(H2,21,22,24). The third-order valence-corrected chi connectivity index (χ3v) is 4.44. The Morgan fingerprint density at radius 3 is 2.29 bits per heavy atom. The summed E-state index contributed by atoms with van der Waals surface area (Å²) in [5, 5.41) is 5.83. The van der Waals surface area contributed by atoms with E-state index in [0.717, 1.165) is 18.4 Å². The molecule has 24 heavy (non-hydrogen) atoms. The minimum Gasteiger partial charge on any atom is -0.366 e. The first kappa shape index (κ1) is 16.1. The topological polar surface area (TPSA) is 84.2 Å². The molecule has 0 aliphatic heterocycles. The van der Waals surface area contributed by atoms with Crippen LogP contribution in [0.4, 0.5) is 4.79 Å². The minimum absolute atomic E-state index is 0.162. The average Bonchev–Trinajstić information content (AvgIpc) is 2.57. The number of nitrogens with two attached hydrogens (primary N) is 1. The molecule has 3 rings (SSSR count).